The lowest BCUT2D eigenvalue weighted by Crippen LogP contribution is -2.33. The van der Waals surface area contributed by atoms with E-state index in [1.807, 2.05) is 24.5 Å². The van der Waals surface area contributed by atoms with Crippen LogP contribution in [-0.4, -0.2) is 41.3 Å². The molecular weight excluding hydrogens is 405 g/mol. The van der Waals surface area contributed by atoms with E-state index in [1.54, 1.807) is 0 Å². The fourth-order valence-corrected chi connectivity index (χ4v) is 2.70. The Labute approximate surface area is 153 Å². The van der Waals surface area contributed by atoms with E-state index in [9.17, 15) is 0 Å². The quantitative estimate of drug-likeness (QED) is 0.319. The molecule has 6 nitrogen and oxygen atoms in total. The maximum absolute atomic E-state index is 5.87. The van der Waals surface area contributed by atoms with E-state index in [4.69, 9.17) is 10.5 Å². The van der Waals surface area contributed by atoms with E-state index in [0.29, 0.717) is 12.5 Å². The highest BCUT2D eigenvalue weighted by molar-refractivity contribution is 14.0. The van der Waals surface area contributed by atoms with Crippen molar-refractivity contribution in [2.45, 2.75) is 31.9 Å². The lowest BCUT2D eigenvalue weighted by Gasteiger charge is -2.09. The number of nitrogens with zero attached hydrogens (tertiary/aromatic N) is 3. The second-order valence-electron chi connectivity index (χ2n) is 5.57. The summed E-state index contributed by atoms with van der Waals surface area (Å²) in [6.07, 6.45) is 5.32. The molecule has 3 rings (SSSR count). The van der Waals surface area contributed by atoms with Crippen molar-refractivity contribution in [1.82, 2.24) is 14.9 Å². The molecule has 1 aliphatic rings. The van der Waals surface area contributed by atoms with Crippen molar-refractivity contribution < 1.29 is 4.74 Å². The van der Waals surface area contributed by atoms with Crippen molar-refractivity contribution in [3.63, 3.8) is 0 Å². The zero-order chi connectivity index (χ0) is 15.2. The number of aromatic nitrogens is 2. The monoisotopic (exact) mass is 429 g/mol. The zero-order valence-corrected chi connectivity index (χ0v) is 15.5. The van der Waals surface area contributed by atoms with Gasteiger partial charge >= 0.3 is 0 Å². The average molecular weight is 429 g/mol. The minimum atomic E-state index is 0. The third kappa shape index (κ3) is 5.07. The van der Waals surface area contributed by atoms with Crippen LogP contribution < -0.4 is 11.1 Å². The first-order valence-corrected chi connectivity index (χ1v) is 7.88. The predicted molar refractivity (Wildman–Crippen MR) is 103 cm³/mol. The number of hydrogen-bond acceptors (Lipinski definition) is 3. The van der Waals surface area contributed by atoms with Crippen LogP contribution in [0, 0.1) is 0 Å². The Morgan fingerprint density at radius 2 is 2.30 bits per heavy atom. The van der Waals surface area contributed by atoms with Crippen LogP contribution in [0.5, 0.6) is 0 Å². The molecule has 0 aliphatic carbocycles. The van der Waals surface area contributed by atoms with Crippen molar-refractivity contribution in [3.05, 3.63) is 30.6 Å². The minimum Gasteiger partial charge on any atom is -0.376 e. The van der Waals surface area contributed by atoms with Gasteiger partial charge in [0.2, 0.25) is 0 Å². The summed E-state index contributed by atoms with van der Waals surface area (Å²) in [6.45, 7) is 3.22. The summed E-state index contributed by atoms with van der Waals surface area (Å²) in [5.74, 6) is 0.506. The average Bonchev–Trinajstić information content (AvgIpc) is 3.19. The van der Waals surface area contributed by atoms with Gasteiger partial charge in [0.15, 0.2) is 5.96 Å². The summed E-state index contributed by atoms with van der Waals surface area (Å²) in [4.78, 5) is 8.72. The Hall–Kier alpha value is -1.35. The van der Waals surface area contributed by atoms with Gasteiger partial charge in [0.25, 0.3) is 0 Å². The number of guanidine groups is 1. The molecule has 1 atom stereocenters. The number of para-hydroxylation sites is 2. The Kier molecular flexibility index (Phi) is 7.10. The summed E-state index contributed by atoms with van der Waals surface area (Å²) in [5, 5.41) is 3.16. The number of benzene rings is 1. The van der Waals surface area contributed by atoms with Crippen molar-refractivity contribution in [2.24, 2.45) is 10.7 Å². The Bertz CT molecular complexity index is 636. The Morgan fingerprint density at radius 1 is 1.43 bits per heavy atom. The lowest BCUT2D eigenvalue weighted by atomic mass is 10.2. The van der Waals surface area contributed by atoms with Gasteiger partial charge in [0, 0.05) is 19.7 Å². The number of fused-ring (bicyclic) bond motifs is 1. The van der Waals surface area contributed by atoms with Crippen molar-refractivity contribution in [1.29, 1.82) is 0 Å². The molecule has 0 saturated carbocycles. The van der Waals surface area contributed by atoms with Crippen molar-refractivity contribution >= 4 is 41.0 Å². The molecule has 0 amide bonds. The van der Waals surface area contributed by atoms with Gasteiger partial charge < -0.3 is 20.4 Å². The van der Waals surface area contributed by atoms with Crippen LogP contribution in [0.25, 0.3) is 11.0 Å². The number of rotatable bonds is 6. The van der Waals surface area contributed by atoms with E-state index in [2.05, 4.69) is 25.9 Å². The molecule has 2 heterocycles. The van der Waals surface area contributed by atoms with Crippen molar-refractivity contribution in [2.75, 3.05) is 19.7 Å². The zero-order valence-electron chi connectivity index (χ0n) is 13.1. The van der Waals surface area contributed by atoms with Gasteiger partial charge in [0.1, 0.15) is 0 Å². The number of hydrogen-bond donors (Lipinski definition) is 2. The summed E-state index contributed by atoms with van der Waals surface area (Å²) in [5.41, 5.74) is 8.07. The van der Waals surface area contributed by atoms with Crippen LogP contribution in [0.4, 0.5) is 0 Å². The lowest BCUT2D eigenvalue weighted by molar-refractivity contribution is 0.118. The van der Waals surface area contributed by atoms with E-state index in [-0.39, 0.29) is 30.1 Å². The Balaban J connectivity index is 0.00000192. The number of ether oxygens (including phenoxy) is 1. The van der Waals surface area contributed by atoms with Crippen LogP contribution in [0.1, 0.15) is 19.3 Å². The van der Waals surface area contributed by atoms with Crippen LogP contribution in [0.3, 0.4) is 0 Å². The summed E-state index contributed by atoms with van der Waals surface area (Å²) in [6, 6.07) is 8.16. The molecule has 1 saturated heterocycles. The molecule has 0 radical (unpaired) electrons. The highest BCUT2D eigenvalue weighted by atomic mass is 127. The second kappa shape index (κ2) is 9.07. The SMILES string of the molecule is I.NC(=NCC1CCCO1)NCCCn1cnc2ccccc21. The van der Waals surface area contributed by atoms with E-state index in [1.165, 1.54) is 5.52 Å². The normalized spacial score (nSPS) is 18.1. The number of aliphatic imine (C=N–C) groups is 1. The van der Waals surface area contributed by atoms with Gasteiger partial charge in [0.05, 0.1) is 30.0 Å². The molecule has 1 unspecified atom stereocenters. The van der Waals surface area contributed by atoms with Crippen LogP contribution in [0.2, 0.25) is 0 Å². The standard InChI is InChI=1S/C16H23N5O.HI/c17-16(19-11-13-5-3-10-22-13)18-8-4-9-21-12-20-14-6-1-2-7-15(14)21;/h1-2,6-7,12-13H,3-5,8-11H2,(H3,17,18,19);1H. The number of nitrogens with one attached hydrogen (secondary N) is 1. The molecule has 1 aliphatic heterocycles. The maximum atomic E-state index is 5.87. The molecule has 126 valence electrons. The van der Waals surface area contributed by atoms with Crippen molar-refractivity contribution in [3.8, 4) is 0 Å². The Morgan fingerprint density at radius 3 is 3.13 bits per heavy atom. The predicted octanol–water partition coefficient (Wildman–Crippen LogP) is 2.13. The molecule has 2 aromatic rings. The molecular formula is C16H24IN5O. The largest absolute Gasteiger partial charge is 0.376 e. The molecule has 0 spiro atoms. The highest BCUT2D eigenvalue weighted by Gasteiger charge is 2.14. The van der Waals surface area contributed by atoms with Gasteiger partial charge in [-0.2, -0.15) is 0 Å². The first-order chi connectivity index (χ1) is 10.8. The van der Waals surface area contributed by atoms with E-state index in [0.717, 1.165) is 44.5 Å². The first kappa shape index (κ1) is 18.0. The molecule has 3 N–H and O–H groups in total. The van der Waals surface area contributed by atoms with Crippen LogP contribution in [-0.2, 0) is 11.3 Å². The summed E-state index contributed by atoms with van der Waals surface area (Å²) < 4.78 is 7.68. The van der Waals surface area contributed by atoms with Gasteiger partial charge in [-0.25, -0.2) is 4.98 Å². The molecule has 7 heteroatoms. The fraction of sp³-hybridized carbons (Fsp3) is 0.500. The first-order valence-electron chi connectivity index (χ1n) is 7.88. The molecule has 1 fully saturated rings. The summed E-state index contributed by atoms with van der Waals surface area (Å²) in [7, 11) is 0. The van der Waals surface area contributed by atoms with Gasteiger partial charge in [-0.05, 0) is 31.4 Å². The molecule has 0 bridgehead atoms. The number of halogens is 1. The third-order valence-corrected chi connectivity index (χ3v) is 3.90. The second-order valence-corrected chi connectivity index (χ2v) is 5.57. The highest BCUT2D eigenvalue weighted by Crippen LogP contribution is 2.12. The van der Waals surface area contributed by atoms with Gasteiger partial charge in [-0.1, -0.05) is 12.1 Å². The van der Waals surface area contributed by atoms with E-state index >= 15 is 0 Å². The van der Waals surface area contributed by atoms with Crippen LogP contribution >= 0.6 is 24.0 Å². The van der Waals surface area contributed by atoms with Gasteiger partial charge in [-0.3, -0.25) is 4.99 Å². The number of imidazole rings is 1. The fourth-order valence-electron chi connectivity index (χ4n) is 2.70. The minimum absolute atomic E-state index is 0. The summed E-state index contributed by atoms with van der Waals surface area (Å²) >= 11 is 0. The third-order valence-electron chi connectivity index (χ3n) is 3.90. The molecule has 1 aromatic carbocycles. The van der Waals surface area contributed by atoms with E-state index < -0.39 is 0 Å². The smallest absolute Gasteiger partial charge is 0.188 e. The topological polar surface area (TPSA) is 77.5 Å². The number of aryl methyl sites for hydroxylation is 1. The number of nitrogens with two attached hydrogens (primary N) is 1. The van der Waals surface area contributed by atoms with Gasteiger partial charge in [-0.15, -0.1) is 24.0 Å². The van der Waals surface area contributed by atoms with Crippen LogP contribution in [0.15, 0.2) is 35.6 Å². The molecule has 23 heavy (non-hydrogen) atoms. The maximum Gasteiger partial charge on any atom is 0.188 e. The molecule has 1 aromatic heterocycles.